The van der Waals surface area contributed by atoms with E-state index in [9.17, 15) is 4.79 Å². The molecule has 2 aliphatic rings. The summed E-state index contributed by atoms with van der Waals surface area (Å²) in [6.07, 6.45) is 7.25. The van der Waals surface area contributed by atoms with E-state index in [1.165, 1.54) is 12.8 Å². The van der Waals surface area contributed by atoms with Gasteiger partial charge in [0.1, 0.15) is 6.10 Å². The molecule has 4 nitrogen and oxygen atoms in total. The van der Waals surface area contributed by atoms with E-state index in [1.54, 1.807) is 20.3 Å². The van der Waals surface area contributed by atoms with Gasteiger partial charge in [0, 0.05) is 11.1 Å². The summed E-state index contributed by atoms with van der Waals surface area (Å²) in [5, 5.41) is 0. The number of ether oxygens (including phenoxy) is 3. The van der Waals surface area contributed by atoms with Crippen molar-refractivity contribution in [3.8, 4) is 17.2 Å². The van der Waals surface area contributed by atoms with Crippen molar-refractivity contribution >= 4 is 12.4 Å². The molecule has 0 radical (unpaired) electrons. The molecule has 100 valence electrons. The van der Waals surface area contributed by atoms with Crippen molar-refractivity contribution in [2.75, 3.05) is 14.2 Å². The van der Waals surface area contributed by atoms with Gasteiger partial charge in [0.2, 0.25) is 5.75 Å². The standard InChI is InChI=1S/C15H16O4/c1-17-13-7-10(8-16)11-5-6-12(9-3-4-9)19-14(11)15(13)18-2/h5-9,12H,3-4H2,1-2H3. The lowest BCUT2D eigenvalue weighted by molar-refractivity contribution is 0.112. The molecule has 1 unspecified atom stereocenters. The van der Waals surface area contributed by atoms with Gasteiger partial charge in [-0.05, 0) is 30.9 Å². The van der Waals surface area contributed by atoms with Crippen LogP contribution in [0.4, 0.5) is 0 Å². The quantitative estimate of drug-likeness (QED) is 0.781. The first-order valence-corrected chi connectivity index (χ1v) is 6.37. The molecule has 1 saturated carbocycles. The number of carbonyl (C=O) groups excluding carboxylic acids is 1. The van der Waals surface area contributed by atoms with Crippen molar-refractivity contribution in [2.24, 2.45) is 5.92 Å². The lowest BCUT2D eigenvalue weighted by Crippen LogP contribution is -2.20. The topological polar surface area (TPSA) is 44.8 Å². The van der Waals surface area contributed by atoms with Gasteiger partial charge in [-0.2, -0.15) is 0 Å². The number of hydrogen-bond acceptors (Lipinski definition) is 4. The Morgan fingerprint density at radius 3 is 2.68 bits per heavy atom. The van der Waals surface area contributed by atoms with E-state index in [2.05, 4.69) is 0 Å². The third kappa shape index (κ3) is 1.97. The van der Waals surface area contributed by atoms with E-state index in [4.69, 9.17) is 14.2 Å². The molecular formula is C15H16O4. The second-order valence-corrected chi connectivity index (χ2v) is 4.84. The molecule has 1 aliphatic carbocycles. The molecule has 1 fully saturated rings. The molecule has 1 aromatic carbocycles. The smallest absolute Gasteiger partial charge is 0.203 e. The maximum absolute atomic E-state index is 11.2. The van der Waals surface area contributed by atoms with Crippen molar-refractivity contribution in [2.45, 2.75) is 18.9 Å². The Morgan fingerprint density at radius 2 is 2.11 bits per heavy atom. The summed E-state index contributed by atoms with van der Waals surface area (Å²) in [6.45, 7) is 0. The van der Waals surface area contributed by atoms with Crippen LogP contribution in [0.5, 0.6) is 17.2 Å². The predicted octanol–water partition coefficient (Wildman–Crippen LogP) is 2.70. The molecule has 0 N–H and O–H groups in total. The summed E-state index contributed by atoms with van der Waals surface area (Å²) >= 11 is 0. The molecule has 0 amide bonds. The van der Waals surface area contributed by atoms with Crippen LogP contribution in [0.15, 0.2) is 12.1 Å². The van der Waals surface area contributed by atoms with E-state index < -0.39 is 0 Å². The normalized spacial score (nSPS) is 20.4. The molecule has 1 aliphatic heterocycles. The largest absolute Gasteiger partial charge is 0.493 e. The highest BCUT2D eigenvalue weighted by Crippen LogP contribution is 2.47. The minimum Gasteiger partial charge on any atom is -0.493 e. The minimum atomic E-state index is 0.0769. The zero-order chi connectivity index (χ0) is 13.4. The average molecular weight is 260 g/mol. The van der Waals surface area contributed by atoms with E-state index >= 15 is 0 Å². The van der Waals surface area contributed by atoms with Crippen LogP contribution in [0.3, 0.4) is 0 Å². The highest BCUT2D eigenvalue weighted by molar-refractivity contribution is 5.87. The predicted molar refractivity (Wildman–Crippen MR) is 71.1 cm³/mol. The number of aldehydes is 1. The van der Waals surface area contributed by atoms with E-state index in [0.717, 1.165) is 11.8 Å². The summed E-state index contributed by atoms with van der Waals surface area (Å²) in [5.74, 6) is 2.27. The Balaban J connectivity index is 2.12. The van der Waals surface area contributed by atoms with Crippen molar-refractivity contribution < 1.29 is 19.0 Å². The highest BCUT2D eigenvalue weighted by Gasteiger charge is 2.35. The van der Waals surface area contributed by atoms with Gasteiger partial charge in [0.25, 0.3) is 0 Å². The van der Waals surface area contributed by atoms with Crippen LogP contribution in [0.1, 0.15) is 28.8 Å². The number of benzene rings is 1. The number of fused-ring (bicyclic) bond motifs is 1. The Hall–Kier alpha value is -1.97. The first-order valence-electron chi connectivity index (χ1n) is 6.37. The van der Waals surface area contributed by atoms with Crippen molar-refractivity contribution in [1.82, 2.24) is 0 Å². The molecule has 4 heteroatoms. The van der Waals surface area contributed by atoms with Gasteiger partial charge in [0.05, 0.1) is 14.2 Å². The molecule has 0 bridgehead atoms. The van der Waals surface area contributed by atoms with Crippen molar-refractivity contribution in [3.63, 3.8) is 0 Å². The first kappa shape index (κ1) is 12.1. The number of hydrogen-bond donors (Lipinski definition) is 0. The number of methoxy groups -OCH3 is 2. The van der Waals surface area contributed by atoms with Crippen LogP contribution in [0, 0.1) is 5.92 Å². The second kappa shape index (κ2) is 4.61. The van der Waals surface area contributed by atoms with E-state index in [1.807, 2.05) is 12.2 Å². The molecule has 1 aromatic rings. The lowest BCUT2D eigenvalue weighted by Gasteiger charge is -2.25. The van der Waals surface area contributed by atoms with Gasteiger partial charge in [-0.1, -0.05) is 6.08 Å². The fourth-order valence-corrected chi connectivity index (χ4v) is 2.43. The van der Waals surface area contributed by atoms with Gasteiger partial charge < -0.3 is 14.2 Å². The Morgan fingerprint density at radius 1 is 1.32 bits per heavy atom. The minimum absolute atomic E-state index is 0.0769. The average Bonchev–Trinajstić information content (AvgIpc) is 3.29. The van der Waals surface area contributed by atoms with Gasteiger partial charge >= 0.3 is 0 Å². The van der Waals surface area contributed by atoms with Crippen molar-refractivity contribution in [1.29, 1.82) is 0 Å². The second-order valence-electron chi connectivity index (χ2n) is 4.84. The molecule has 19 heavy (non-hydrogen) atoms. The molecule has 0 aromatic heterocycles. The van der Waals surface area contributed by atoms with Crippen LogP contribution in [0.2, 0.25) is 0 Å². The van der Waals surface area contributed by atoms with Crippen LogP contribution in [0.25, 0.3) is 6.08 Å². The molecule has 1 heterocycles. The summed E-state index contributed by atoms with van der Waals surface area (Å²) in [5.41, 5.74) is 1.32. The summed E-state index contributed by atoms with van der Waals surface area (Å²) in [4.78, 5) is 11.2. The van der Waals surface area contributed by atoms with Gasteiger partial charge in [-0.25, -0.2) is 0 Å². The van der Waals surface area contributed by atoms with E-state index in [-0.39, 0.29) is 6.10 Å². The summed E-state index contributed by atoms with van der Waals surface area (Å²) in [6, 6.07) is 1.68. The Bertz CT molecular complexity index is 544. The maximum Gasteiger partial charge on any atom is 0.203 e. The Kier molecular flexibility index (Phi) is 2.93. The van der Waals surface area contributed by atoms with Crippen LogP contribution >= 0.6 is 0 Å². The first-order chi connectivity index (χ1) is 9.28. The van der Waals surface area contributed by atoms with Gasteiger partial charge in [0.15, 0.2) is 17.8 Å². The monoisotopic (exact) mass is 260 g/mol. The maximum atomic E-state index is 11.2. The van der Waals surface area contributed by atoms with Crippen molar-refractivity contribution in [3.05, 3.63) is 23.3 Å². The Labute approximate surface area is 112 Å². The van der Waals surface area contributed by atoms with Crippen LogP contribution < -0.4 is 14.2 Å². The lowest BCUT2D eigenvalue weighted by atomic mass is 10.0. The SMILES string of the molecule is COc1cc(C=O)c2c(c1OC)OC(C1CC1)C=C2. The molecule has 1 atom stereocenters. The fraction of sp³-hybridized carbons (Fsp3) is 0.400. The molecule has 0 spiro atoms. The van der Waals surface area contributed by atoms with Crippen LogP contribution in [-0.4, -0.2) is 26.6 Å². The molecular weight excluding hydrogens is 244 g/mol. The van der Waals surface area contributed by atoms with Gasteiger partial charge in [-0.3, -0.25) is 4.79 Å². The van der Waals surface area contributed by atoms with Crippen LogP contribution in [-0.2, 0) is 0 Å². The highest BCUT2D eigenvalue weighted by atomic mass is 16.5. The summed E-state index contributed by atoms with van der Waals surface area (Å²) < 4.78 is 16.7. The summed E-state index contributed by atoms with van der Waals surface area (Å²) in [7, 11) is 3.13. The van der Waals surface area contributed by atoms with E-state index in [0.29, 0.717) is 28.7 Å². The zero-order valence-corrected chi connectivity index (χ0v) is 11.0. The fourth-order valence-electron chi connectivity index (χ4n) is 2.43. The molecule has 3 rings (SSSR count). The third-order valence-electron chi connectivity index (χ3n) is 3.62. The number of carbonyl (C=O) groups is 1. The molecule has 0 saturated heterocycles. The third-order valence-corrected chi connectivity index (χ3v) is 3.62. The number of rotatable bonds is 4. The van der Waals surface area contributed by atoms with Gasteiger partial charge in [-0.15, -0.1) is 0 Å². The zero-order valence-electron chi connectivity index (χ0n) is 11.0.